The molecule has 0 saturated carbocycles. The van der Waals surface area contributed by atoms with Gasteiger partial charge in [0.15, 0.2) is 0 Å². The number of hydrogen-bond donors (Lipinski definition) is 1. The van der Waals surface area contributed by atoms with Crippen molar-refractivity contribution in [3.63, 3.8) is 0 Å². The van der Waals surface area contributed by atoms with Crippen LogP contribution in [0.2, 0.25) is 10.0 Å². The minimum absolute atomic E-state index is 0.385. The van der Waals surface area contributed by atoms with Crippen molar-refractivity contribution in [3.8, 4) is 5.75 Å². The van der Waals surface area contributed by atoms with Gasteiger partial charge in [0.2, 0.25) is 0 Å². The zero-order valence-electron chi connectivity index (χ0n) is 12.2. The molecule has 21 heavy (non-hydrogen) atoms. The Kier molecular flexibility index (Phi) is 5.14. The summed E-state index contributed by atoms with van der Waals surface area (Å²) in [5.41, 5.74) is 2.32. The van der Waals surface area contributed by atoms with E-state index in [0.29, 0.717) is 28.8 Å². The zero-order valence-corrected chi connectivity index (χ0v) is 13.7. The first-order valence-electron chi connectivity index (χ1n) is 6.71. The van der Waals surface area contributed by atoms with Gasteiger partial charge < -0.3 is 9.84 Å². The molecule has 0 fully saturated rings. The van der Waals surface area contributed by atoms with E-state index in [0.717, 1.165) is 17.0 Å². The molecule has 1 atom stereocenters. The average molecular weight is 329 g/mol. The Morgan fingerprint density at radius 3 is 2.67 bits per heavy atom. The van der Waals surface area contributed by atoms with Gasteiger partial charge in [-0.15, -0.1) is 0 Å². The lowest BCUT2D eigenvalue weighted by atomic mass is 10.0. The van der Waals surface area contributed by atoms with Crippen molar-refractivity contribution in [1.82, 2.24) is 9.78 Å². The van der Waals surface area contributed by atoms with Gasteiger partial charge in [-0.1, -0.05) is 29.3 Å². The number of aryl methyl sites for hydroxylation is 2. The van der Waals surface area contributed by atoms with Crippen molar-refractivity contribution < 1.29 is 9.84 Å². The maximum Gasteiger partial charge on any atom is 0.137 e. The minimum atomic E-state index is -0.702. The molecule has 0 radical (unpaired) electrons. The van der Waals surface area contributed by atoms with Gasteiger partial charge in [0.25, 0.3) is 0 Å². The quantitative estimate of drug-likeness (QED) is 0.907. The van der Waals surface area contributed by atoms with Crippen molar-refractivity contribution in [3.05, 3.63) is 45.2 Å². The number of aromatic nitrogens is 2. The maximum absolute atomic E-state index is 10.4. The van der Waals surface area contributed by atoms with Crippen LogP contribution in [0, 0.1) is 6.92 Å². The first-order valence-corrected chi connectivity index (χ1v) is 7.46. The number of rotatable bonds is 5. The van der Waals surface area contributed by atoms with Crippen LogP contribution in [-0.2, 0) is 13.0 Å². The highest BCUT2D eigenvalue weighted by Gasteiger charge is 2.18. The molecule has 0 amide bonds. The molecule has 0 spiro atoms. The Morgan fingerprint density at radius 1 is 1.38 bits per heavy atom. The fourth-order valence-corrected chi connectivity index (χ4v) is 2.73. The molecule has 1 unspecified atom stereocenters. The predicted octanol–water partition coefficient (Wildman–Crippen LogP) is 3.80. The Morgan fingerprint density at radius 2 is 2.10 bits per heavy atom. The minimum Gasteiger partial charge on any atom is -0.495 e. The van der Waals surface area contributed by atoms with Crippen molar-refractivity contribution in [2.75, 3.05) is 7.11 Å². The first kappa shape index (κ1) is 16.1. The van der Waals surface area contributed by atoms with E-state index in [4.69, 9.17) is 27.9 Å². The van der Waals surface area contributed by atoms with Crippen LogP contribution in [-0.4, -0.2) is 22.0 Å². The summed E-state index contributed by atoms with van der Waals surface area (Å²) in [4.78, 5) is 0. The summed E-state index contributed by atoms with van der Waals surface area (Å²) in [6.45, 7) is 4.55. The van der Waals surface area contributed by atoms with Crippen LogP contribution in [0.3, 0.4) is 0 Å². The average Bonchev–Trinajstić information content (AvgIpc) is 2.74. The van der Waals surface area contributed by atoms with E-state index in [-0.39, 0.29) is 0 Å². The number of benzene rings is 1. The fraction of sp³-hybridized carbons (Fsp3) is 0.400. The molecule has 0 aliphatic heterocycles. The number of aliphatic hydroxyl groups excluding tert-OH is 1. The molecule has 0 aliphatic rings. The van der Waals surface area contributed by atoms with Crippen LogP contribution in [0.25, 0.3) is 0 Å². The van der Waals surface area contributed by atoms with Gasteiger partial charge in [-0.05, 0) is 31.5 Å². The van der Waals surface area contributed by atoms with E-state index in [1.165, 1.54) is 0 Å². The van der Waals surface area contributed by atoms with Crippen molar-refractivity contribution >= 4 is 23.2 Å². The molecule has 1 heterocycles. The lowest BCUT2D eigenvalue weighted by Gasteiger charge is -2.14. The summed E-state index contributed by atoms with van der Waals surface area (Å²) in [6.07, 6.45) is -0.316. The summed E-state index contributed by atoms with van der Waals surface area (Å²) in [5.74, 6) is 0.583. The van der Waals surface area contributed by atoms with E-state index in [9.17, 15) is 5.11 Å². The lowest BCUT2D eigenvalue weighted by Crippen LogP contribution is -2.09. The molecule has 4 nitrogen and oxygen atoms in total. The van der Waals surface area contributed by atoms with E-state index >= 15 is 0 Å². The Hall–Kier alpha value is -1.23. The fourth-order valence-electron chi connectivity index (χ4n) is 2.25. The summed E-state index contributed by atoms with van der Waals surface area (Å²) in [6, 6.07) is 5.24. The molecule has 2 aromatic rings. The second-order valence-corrected chi connectivity index (χ2v) is 5.56. The van der Waals surface area contributed by atoms with E-state index in [1.807, 2.05) is 18.5 Å². The third kappa shape index (κ3) is 3.34. The van der Waals surface area contributed by atoms with Crippen LogP contribution in [0.15, 0.2) is 18.2 Å². The third-order valence-corrected chi connectivity index (χ3v) is 4.19. The smallest absolute Gasteiger partial charge is 0.137 e. The summed E-state index contributed by atoms with van der Waals surface area (Å²) < 4.78 is 6.92. The molecule has 114 valence electrons. The van der Waals surface area contributed by atoms with E-state index < -0.39 is 6.10 Å². The number of aliphatic hydroxyl groups is 1. The molecule has 2 rings (SSSR count). The van der Waals surface area contributed by atoms with E-state index in [2.05, 4.69) is 5.10 Å². The number of hydrogen-bond acceptors (Lipinski definition) is 3. The standard InChI is InChI=1S/C15H18Cl2N2O2/c1-4-19-12(15(17)9(2)18-19)8-13(20)10-5-6-14(21-3)11(16)7-10/h5-7,13,20H,4,8H2,1-3H3. The van der Waals surface area contributed by atoms with Crippen LogP contribution in [0.4, 0.5) is 0 Å². The Labute approximate surface area is 134 Å². The maximum atomic E-state index is 10.4. The second kappa shape index (κ2) is 6.69. The molecule has 0 saturated heterocycles. The van der Waals surface area contributed by atoms with Crippen LogP contribution in [0.5, 0.6) is 5.75 Å². The summed E-state index contributed by atoms with van der Waals surface area (Å²) >= 11 is 12.4. The van der Waals surface area contributed by atoms with Gasteiger partial charge in [0, 0.05) is 13.0 Å². The van der Waals surface area contributed by atoms with Gasteiger partial charge in [-0.3, -0.25) is 4.68 Å². The largest absolute Gasteiger partial charge is 0.495 e. The monoisotopic (exact) mass is 328 g/mol. The zero-order chi connectivity index (χ0) is 15.6. The van der Waals surface area contributed by atoms with Crippen LogP contribution >= 0.6 is 23.2 Å². The molecule has 0 bridgehead atoms. The van der Waals surface area contributed by atoms with Gasteiger partial charge in [0.05, 0.1) is 34.6 Å². The predicted molar refractivity (Wildman–Crippen MR) is 84.3 cm³/mol. The van der Waals surface area contributed by atoms with E-state index in [1.54, 1.807) is 25.3 Å². The Balaban J connectivity index is 2.25. The highest BCUT2D eigenvalue weighted by Crippen LogP contribution is 2.30. The molecule has 1 aromatic heterocycles. The van der Waals surface area contributed by atoms with Gasteiger partial charge >= 0.3 is 0 Å². The molecular formula is C15H18Cl2N2O2. The van der Waals surface area contributed by atoms with Crippen molar-refractivity contribution in [2.24, 2.45) is 0 Å². The lowest BCUT2D eigenvalue weighted by molar-refractivity contribution is 0.175. The van der Waals surface area contributed by atoms with Crippen molar-refractivity contribution in [1.29, 1.82) is 0 Å². The van der Waals surface area contributed by atoms with Gasteiger partial charge in [-0.2, -0.15) is 5.10 Å². The Bertz CT molecular complexity index is 641. The van der Waals surface area contributed by atoms with Gasteiger partial charge in [-0.25, -0.2) is 0 Å². The summed E-state index contributed by atoms with van der Waals surface area (Å²) in [5, 5.41) is 15.8. The molecular weight excluding hydrogens is 311 g/mol. The SMILES string of the molecule is CCn1nc(C)c(Cl)c1CC(O)c1ccc(OC)c(Cl)c1. The number of nitrogens with zero attached hydrogens (tertiary/aromatic N) is 2. The second-order valence-electron chi connectivity index (χ2n) is 4.78. The number of halogens is 2. The normalized spacial score (nSPS) is 12.5. The highest BCUT2D eigenvalue weighted by molar-refractivity contribution is 6.32. The molecule has 0 aliphatic carbocycles. The summed E-state index contributed by atoms with van der Waals surface area (Å²) in [7, 11) is 1.56. The number of methoxy groups -OCH3 is 1. The van der Waals surface area contributed by atoms with Crippen molar-refractivity contribution in [2.45, 2.75) is 32.9 Å². The van der Waals surface area contributed by atoms with Crippen LogP contribution < -0.4 is 4.74 Å². The topological polar surface area (TPSA) is 47.3 Å². The van der Waals surface area contributed by atoms with Gasteiger partial charge in [0.1, 0.15) is 5.75 Å². The number of ether oxygens (including phenoxy) is 1. The molecule has 6 heteroatoms. The molecule has 1 N–H and O–H groups in total. The van der Waals surface area contributed by atoms with Crippen LogP contribution in [0.1, 0.15) is 30.0 Å². The molecule has 1 aromatic carbocycles. The first-order chi connectivity index (χ1) is 9.97. The highest BCUT2D eigenvalue weighted by atomic mass is 35.5. The third-order valence-electron chi connectivity index (χ3n) is 3.40.